The smallest absolute Gasteiger partial charge is 0.0503 e. The summed E-state index contributed by atoms with van der Waals surface area (Å²) in [6, 6.07) is 8.73. The van der Waals surface area contributed by atoms with Gasteiger partial charge in [0.1, 0.15) is 0 Å². The molecule has 0 N–H and O–H groups in total. The first-order valence-corrected chi connectivity index (χ1v) is 5.83. The SMILES string of the molecule is CC1=CCSN(c2ccc(C)cc2)C1. The van der Waals surface area contributed by atoms with Gasteiger partial charge in [0.25, 0.3) is 0 Å². The summed E-state index contributed by atoms with van der Waals surface area (Å²) < 4.78 is 2.36. The van der Waals surface area contributed by atoms with Crippen molar-refractivity contribution >= 4 is 17.6 Å². The average molecular weight is 205 g/mol. The lowest BCUT2D eigenvalue weighted by Gasteiger charge is -2.26. The summed E-state index contributed by atoms with van der Waals surface area (Å²) in [5, 5.41) is 0. The van der Waals surface area contributed by atoms with Crippen LogP contribution in [-0.4, -0.2) is 12.3 Å². The highest BCUT2D eigenvalue weighted by molar-refractivity contribution is 8.00. The van der Waals surface area contributed by atoms with E-state index in [4.69, 9.17) is 0 Å². The van der Waals surface area contributed by atoms with Gasteiger partial charge in [-0.2, -0.15) is 0 Å². The number of anilines is 1. The Morgan fingerprint density at radius 2 is 1.86 bits per heavy atom. The molecule has 0 amide bonds. The van der Waals surface area contributed by atoms with Crippen molar-refractivity contribution < 1.29 is 0 Å². The maximum atomic E-state index is 2.36. The van der Waals surface area contributed by atoms with Crippen molar-refractivity contribution in [3.8, 4) is 0 Å². The third-order valence-electron chi connectivity index (χ3n) is 2.38. The molecule has 0 radical (unpaired) electrons. The Morgan fingerprint density at radius 3 is 2.50 bits per heavy atom. The molecule has 74 valence electrons. The van der Waals surface area contributed by atoms with E-state index in [9.17, 15) is 0 Å². The van der Waals surface area contributed by atoms with Gasteiger partial charge < -0.3 is 4.31 Å². The van der Waals surface area contributed by atoms with Crippen LogP contribution < -0.4 is 4.31 Å². The molecule has 1 heterocycles. The lowest BCUT2D eigenvalue weighted by atomic mass is 10.2. The standard InChI is InChI=1S/C12H15NS/c1-10-3-5-12(6-4-10)13-9-11(2)7-8-14-13/h3-7H,8-9H2,1-2H3. The zero-order valence-electron chi connectivity index (χ0n) is 8.66. The highest BCUT2D eigenvalue weighted by atomic mass is 32.2. The molecule has 1 nitrogen and oxygen atoms in total. The molecule has 0 unspecified atom stereocenters. The lowest BCUT2D eigenvalue weighted by molar-refractivity contribution is 1.09. The fourth-order valence-corrected chi connectivity index (χ4v) is 2.59. The number of aryl methyl sites for hydroxylation is 1. The Morgan fingerprint density at radius 1 is 1.14 bits per heavy atom. The predicted octanol–water partition coefficient (Wildman–Crippen LogP) is 3.41. The number of benzene rings is 1. The van der Waals surface area contributed by atoms with Crippen LogP contribution in [0.4, 0.5) is 5.69 Å². The second-order valence-corrected chi connectivity index (χ2v) is 4.75. The molecule has 2 rings (SSSR count). The third kappa shape index (κ3) is 2.13. The molecule has 0 aliphatic carbocycles. The van der Waals surface area contributed by atoms with Crippen molar-refractivity contribution in [2.75, 3.05) is 16.6 Å². The van der Waals surface area contributed by atoms with Gasteiger partial charge in [0.15, 0.2) is 0 Å². The van der Waals surface area contributed by atoms with Gasteiger partial charge in [0, 0.05) is 11.4 Å². The Balaban J connectivity index is 2.16. The first kappa shape index (κ1) is 9.66. The molecule has 1 aliphatic heterocycles. The molecule has 1 aromatic carbocycles. The van der Waals surface area contributed by atoms with Crippen molar-refractivity contribution in [2.45, 2.75) is 13.8 Å². The second kappa shape index (κ2) is 4.09. The van der Waals surface area contributed by atoms with Crippen LogP contribution in [0.2, 0.25) is 0 Å². The second-order valence-electron chi connectivity index (χ2n) is 3.72. The summed E-state index contributed by atoms with van der Waals surface area (Å²) in [4.78, 5) is 0. The van der Waals surface area contributed by atoms with Gasteiger partial charge >= 0.3 is 0 Å². The highest BCUT2D eigenvalue weighted by Gasteiger charge is 2.10. The van der Waals surface area contributed by atoms with E-state index in [0.717, 1.165) is 12.3 Å². The Bertz CT molecular complexity index is 340. The quantitative estimate of drug-likeness (QED) is 0.510. The van der Waals surface area contributed by atoms with Gasteiger partial charge in [0.2, 0.25) is 0 Å². The summed E-state index contributed by atoms with van der Waals surface area (Å²) in [6.45, 7) is 5.37. The first-order valence-electron chi connectivity index (χ1n) is 4.88. The summed E-state index contributed by atoms with van der Waals surface area (Å²) in [6.07, 6.45) is 2.30. The molecule has 1 aliphatic rings. The summed E-state index contributed by atoms with van der Waals surface area (Å²) in [5.41, 5.74) is 4.10. The number of hydrogen-bond donors (Lipinski definition) is 0. The van der Waals surface area contributed by atoms with Crippen LogP contribution in [0.1, 0.15) is 12.5 Å². The Kier molecular flexibility index (Phi) is 2.82. The minimum absolute atomic E-state index is 1.05. The normalized spacial score (nSPS) is 16.7. The van der Waals surface area contributed by atoms with Gasteiger partial charge in [-0.25, -0.2) is 0 Å². The van der Waals surface area contributed by atoms with Gasteiger partial charge in [-0.3, -0.25) is 0 Å². The van der Waals surface area contributed by atoms with Crippen molar-refractivity contribution in [1.82, 2.24) is 0 Å². The van der Waals surface area contributed by atoms with Crippen LogP contribution in [0.3, 0.4) is 0 Å². The maximum absolute atomic E-state index is 2.36. The van der Waals surface area contributed by atoms with E-state index in [1.165, 1.54) is 16.8 Å². The van der Waals surface area contributed by atoms with Crippen molar-refractivity contribution in [3.63, 3.8) is 0 Å². The minimum atomic E-state index is 1.05. The van der Waals surface area contributed by atoms with Crippen molar-refractivity contribution in [3.05, 3.63) is 41.5 Å². The van der Waals surface area contributed by atoms with E-state index in [2.05, 4.69) is 48.5 Å². The van der Waals surface area contributed by atoms with E-state index in [1.807, 2.05) is 11.9 Å². The van der Waals surface area contributed by atoms with Gasteiger partial charge in [0.05, 0.1) is 6.54 Å². The van der Waals surface area contributed by atoms with Crippen molar-refractivity contribution in [1.29, 1.82) is 0 Å². The molecular formula is C12H15NS. The van der Waals surface area contributed by atoms with E-state index in [1.54, 1.807) is 0 Å². The number of hydrogen-bond acceptors (Lipinski definition) is 2. The molecule has 0 saturated heterocycles. The number of nitrogens with zero attached hydrogens (tertiary/aromatic N) is 1. The minimum Gasteiger partial charge on any atom is -0.312 e. The average Bonchev–Trinajstić information content (AvgIpc) is 2.19. The van der Waals surface area contributed by atoms with Crippen LogP contribution in [-0.2, 0) is 0 Å². The molecule has 14 heavy (non-hydrogen) atoms. The molecule has 2 heteroatoms. The summed E-state index contributed by atoms with van der Waals surface area (Å²) >= 11 is 1.88. The monoisotopic (exact) mass is 205 g/mol. The summed E-state index contributed by atoms with van der Waals surface area (Å²) in [7, 11) is 0. The van der Waals surface area contributed by atoms with Crippen LogP contribution in [0.25, 0.3) is 0 Å². The third-order valence-corrected chi connectivity index (χ3v) is 3.34. The topological polar surface area (TPSA) is 3.24 Å². The fourth-order valence-electron chi connectivity index (χ4n) is 1.48. The van der Waals surface area contributed by atoms with Crippen LogP contribution in [0.5, 0.6) is 0 Å². The lowest BCUT2D eigenvalue weighted by Crippen LogP contribution is -2.20. The molecule has 1 aromatic rings. The molecule has 0 aromatic heterocycles. The summed E-state index contributed by atoms with van der Waals surface area (Å²) in [5.74, 6) is 1.10. The first-order chi connectivity index (χ1) is 6.75. The fraction of sp³-hybridized carbons (Fsp3) is 0.333. The number of rotatable bonds is 1. The molecular weight excluding hydrogens is 190 g/mol. The zero-order valence-corrected chi connectivity index (χ0v) is 9.47. The van der Waals surface area contributed by atoms with Gasteiger partial charge in [-0.05, 0) is 37.9 Å². The van der Waals surface area contributed by atoms with Gasteiger partial charge in [-0.15, -0.1) is 0 Å². The largest absolute Gasteiger partial charge is 0.312 e. The van der Waals surface area contributed by atoms with E-state index in [0.29, 0.717) is 0 Å². The zero-order chi connectivity index (χ0) is 9.97. The van der Waals surface area contributed by atoms with Crippen LogP contribution in [0.15, 0.2) is 35.9 Å². The van der Waals surface area contributed by atoms with Crippen molar-refractivity contribution in [2.24, 2.45) is 0 Å². The maximum Gasteiger partial charge on any atom is 0.0503 e. The molecule has 0 bridgehead atoms. The molecule has 0 spiro atoms. The molecule has 0 atom stereocenters. The van der Waals surface area contributed by atoms with Gasteiger partial charge in [-0.1, -0.05) is 29.3 Å². The van der Waals surface area contributed by atoms with E-state index >= 15 is 0 Å². The predicted molar refractivity (Wildman–Crippen MR) is 64.7 cm³/mol. The molecule has 0 fully saturated rings. The van der Waals surface area contributed by atoms with E-state index in [-0.39, 0.29) is 0 Å². The molecule has 0 saturated carbocycles. The Hall–Kier alpha value is -0.890. The van der Waals surface area contributed by atoms with Crippen LogP contribution >= 0.6 is 11.9 Å². The Labute approximate surface area is 89.9 Å². The highest BCUT2D eigenvalue weighted by Crippen LogP contribution is 2.27. The van der Waals surface area contributed by atoms with Crippen LogP contribution in [0, 0.1) is 6.92 Å². The van der Waals surface area contributed by atoms with E-state index < -0.39 is 0 Å².